The fraction of sp³-hybridized carbons (Fsp3) is 0.143. The van der Waals surface area contributed by atoms with Gasteiger partial charge in [-0.15, -0.1) is 6.58 Å². The van der Waals surface area contributed by atoms with Crippen molar-refractivity contribution in [1.29, 1.82) is 0 Å². The number of nitrogens with zero attached hydrogens (tertiary/aromatic N) is 3. The summed E-state index contributed by atoms with van der Waals surface area (Å²) in [6.45, 7) is 7.36. The maximum atomic E-state index is 13.4. The summed E-state index contributed by atoms with van der Waals surface area (Å²) in [5.74, 6) is 0.749. The third-order valence-electron chi connectivity index (χ3n) is 5.17. The average Bonchev–Trinajstić information content (AvgIpc) is 2.86. The highest BCUT2D eigenvalue weighted by atomic mass is 16.6. The van der Waals surface area contributed by atoms with E-state index in [0.717, 1.165) is 11.1 Å². The van der Waals surface area contributed by atoms with E-state index in [2.05, 4.69) is 11.7 Å². The summed E-state index contributed by atoms with van der Waals surface area (Å²) in [6, 6.07) is 20.2. The number of rotatable bonds is 8. The Morgan fingerprint density at radius 2 is 1.86 bits per heavy atom. The third kappa shape index (κ3) is 5.19. The first kappa shape index (κ1) is 23.6. The molecular formula is C28H25N3O4. The van der Waals surface area contributed by atoms with Crippen molar-refractivity contribution in [3.63, 3.8) is 0 Å². The standard InChI is InChI=1S/C28H25N3O4/c1-4-11-22-16-20(17-25(34-5-2)26(22)35-19(3)32)18-29-31-27(21-12-7-6-8-13-21)30-24-15-10-9-14-23(24)28(31)33/h4,6-10,12-18H,1,5,11H2,2-3H3. The molecule has 7 heteroatoms. The van der Waals surface area contributed by atoms with Gasteiger partial charge >= 0.3 is 5.97 Å². The molecule has 3 aromatic carbocycles. The van der Waals surface area contributed by atoms with Gasteiger partial charge in [0, 0.05) is 18.1 Å². The Hall–Kier alpha value is -4.52. The fourth-order valence-electron chi connectivity index (χ4n) is 3.72. The van der Waals surface area contributed by atoms with Crippen LogP contribution in [0.2, 0.25) is 0 Å². The largest absolute Gasteiger partial charge is 0.490 e. The highest BCUT2D eigenvalue weighted by molar-refractivity contribution is 5.84. The average molecular weight is 468 g/mol. The molecular weight excluding hydrogens is 442 g/mol. The molecule has 0 spiro atoms. The lowest BCUT2D eigenvalue weighted by atomic mass is 10.1. The first-order valence-corrected chi connectivity index (χ1v) is 11.2. The second-order valence-electron chi connectivity index (χ2n) is 7.71. The summed E-state index contributed by atoms with van der Waals surface area (Å²) >= 11 is 0. The van der Waals surface area contributed by atoms with Gasteiger partial charge in [0.15, 0.2) is 17.3 Å². The van der Waals surface area contributed by atoms with Crippen LogP contribution < -0.4 is 15.0 Å². The van der Waals surface area contributed by atoms with Crippen molar-refractivity contribution in [3.05, 3.63) is 101 Å². The van der Waals surface area contributed by atoms with Crippen molar-refractivity contribution in [2.45, 2.75) is 20.3 Å². The zero-order valence-corrected chi connectivity index (χ0v) is 19.6. The monoisotopic (exact) mass is 467 g/mol. The third-order valence-corrected chi connectivity index (χ3v) is 5.17. The van der Waals surface area contributed by atoms with Gasteiger partial charge in [-0.1, -0.05) is 48.5 Å². The van der Waals surface area contributed by atoms with Crippen LogP contribution in [0.1, 0.15) is 25.0 Å². The van der Waals surface area contributed by atoms with Gasteiger partial charge in [-0.05, 0) is 43.2 Å². The quantitative estimate of drug-likeness (QED) is 0.158. The molecule has 4 rings (SSSR count). The molecule has 0 aliphatic heterocycles. The second-order valence-corrected chi connectivity index (χ2v) is 7.71. The summed E-state index contributed by atoms with van der Waals surface area (Å²) in [6.07, 6.45) is 3.73. The SMILES string of the molecule is C=CCc1cc(C=Nn2c(-c3ccccc3)nc3ccccc3c2=O)cc(OCC)c1OC(C)=O. The van der Waals surface area contributed by atoms with Crippen LogP contribution in [-0.4, -0.2) is 28.5 Å². The topological polar surface area (TPSA) is 82.8 Å². The Kier molecular flexibility index (Phi) is 7.16. The molecule has 0 unspecified atom stereocenters. The van der Waals surface area contributed by atoms with Crippen molar-refractivity contribution in [2.24, 2.45) is 5.10 Å². The predicted octanol–water partition coefficient (Wildman–Crippen LogP) is 5.00. The molecule has 4 aromatic rings. The number of carbonyl (C=O) groups excluding carboxylic acids is 1. The summed E-state index contributed by atoms with van der Waals surface area (Å²) in [5, 5.41) is 4.99. The molecule has 0 amide bonds. The van der Waals surface area contributed by atoms with Crippen LogP contribution in [0.3, 0.4) is 0 Å². The number of hydrogen-bond donors (Lipinski definition) is 0. The number of esters is 1. The first-order chi connectivity index (χ1) is 17.0. The van der Waals surface area contributed by atoms with Crippen molar-refractivity contribution in [3.8, 4) is 22.9 Å². The summed E-state index contributed by atoms with van der Waals surface area (Å²) in [7, 11) is 0. The maximum absolute atomic E-state index is 13.4. The van der Waals surface area contributed by atoms with Crippen LogP contribution in [-0.2, 0) is 11.2 Å². The van der Waals surface area contributed by atoms with Crippen molar-refractivity contribution in [1.82, 2.24) is 9.66 Å². The minimum Gasteiger partial charge on any atom is -0.490 e. The molecule has 0 aliphatic rings. The lowest BCUT2D eigenvalue weighted by molar-refractivity contribution is -0.132. The molecule has 0 atom stereocenters. The number of para-hydroxylation sites is 1. The number of benzene rings is 3. The molecule has 0 saturated carbocycles. The molecule has 176 valence electrons. The van der Waals surface area contributed by atoms with E-state index in [0.29, 0.717) is 46.8 Å². The molecule has 1 heterocycles. The van der Waals surface area contributed by atoms with Crippen LogP contribution in [0.4, 0.5) is 0 Å². The predicted molar refractivity (Wildman–Crippen MR) is 137 cm³/mol. The van der Waals surface area contributed by atoms with Gasteiger partial charge in [0.1, 0.15) is 0 Å². The highest BCUT2D eigenvalue weighted by Gasteiger charge is 2.16. The molecule has 0 aliphatic carbocycles. The lowest BCUT2D eigenvalue weighted by Crippen LogP contribution is -2.20. The van der Waals surface area contributed by atoms with Crippen molar-refractivity contribution in [2.75, 3.05) is 6.61 Å². The number of allylic oxidation sites excluding steroid dienone is 1. The zero-order chi connectivity index (χ0) is 24.8. The summed E-state index contributed by atoms with van der Waals surface area (Å²) in [5.41, 5.74) is 2.47. The van der Waals surface area contributed by atoms with E-state index in [1.807, 2.05) is 49.4 Å². The number of carbonyl (C=O) groups is 1. The van der Waals surface area contributed by atoms with E-state index < -0.39 is 5.97 Å². The van der Waals surface area contributed by atoms with Crippen LogP contribution >= 0.6 is 0 Å². The minimum absolute atomic E-state index is 0.279. The van der Waals surface area contributed by atoms with Crippen molar-refractivity contribution >= 4 is 23.1 Å². The van der Waals surface area contributed by atoms with E-state index in [4.69, 9.17) is 14.5 Å². The lowest BCUT2D eigenvalue weighted by Gasteiger charge is -2.15. The molecule has 0 fully saturated rings. The Balaban J connectivity index is 1.88. The van der Waals surface area contributed by atoms with Gasteiger partial charge in [-0.2, -0.15) is 9.78 Å². The van der Waals surface area contributed by atoms with Crippen LogP contribution in [0, 0.1) is 0 Å². The van der Waals surface area contributed by atoms with Gasteiger partial charge in [0.25, 0.3) is 5.56 Å². The van der Waals surface area contributed by atoms with Gasteiger partial charge in [0.05, 0.1) is 23.7 Å². The van der Waals surface area contributed by atoms with E-state index in [1.54, 1.807) is 36.6 Å². The Labute approximate surface area is 203 Å². The molecule has 0 saturated heterocycles. The zero-order valence-electron chi connectivity index (χ0n) is 19.6. The van der Waals surface area contributed by atoms with E-state index >= 15 is 0 Å². The van der Waals surface area contributed by atoms with E-state index in [1.165, 1.54) is 11.6 Å². The van der Waals surface area contributed by atoms with Crippen LogP contribution in [0.5, 0.6) is 11.5 Å². The Morgan fingerprint density at radius 3 is 2.57 bits per heavy atom. The van der Waals surface area contributed by atoms with Gasteiger partial charge in [0.2, 0.25) is 0 Å². The smallest absolute Gasteiger partial charge is 0.308 e. The maximum Gasteiger partial charge on any atom is 0.308 e. The summed E-state index contributed by atoms with van der Waals surface area (Å²) in [4.78, 5) is 29.7. The molecule has 35 heavy (non-hydrogen) atoms. The van der Waals surface area contributed by atoms with Crippen LogP contribution in [0.25, 0.3) is 22.3 Å². The molecule has 0 radical (unpaired) electrons. The van der Waals surface area contributed by atoms with Crippen LogP contribution in [0.15, 0.2) is 89.3 Å². The first-order valence-electron chi connectivity index (χ1n) is 11.2. The Morgan fingerprint density at radius 1 is 1.11 bits per heavy atom. The minimum atomic E-state index is -0.445. The van der Waals surface area contributed by atoms with E-state index in [-0.39, 0.29) is 5.56 Å². The fourth-order valence-corrected chi connectivity index (χ4v) is 3.72. The number of aromatic nitrogens is 2. The molecule has 7 nitrogen and oxygen atoms in total. The summed E-state index contributed by atoms with van der Waals surface area (Å²) < 4.78 is 12.5. The number of ether oxygens (including phenoxy) is 2. The second kappa shape index (κ2) is 10.6. The van der Waals surface area contributed by atoms with Gasteiger partial charge in [-0.25, -0.2) is 4.98 Å². The van der Waals surface area contributed by atoms with Gasteiger partial charge in [-0.3, -0.25) is 9.59 Å². The van der Waals surface area contributed by atoms with Crippen molar-refractivity contribution < 1.29 is 14.3 Å². The molecule has 1 aromatic heterocycles. The number of hydrogen-bond acceptors (Lipinski definition) is 6. The normalized spacial score (nSPS) is 11.0. The molecule has 0 bridgehead atoms. The Bertz CT molecular complexity index is 1470. The van der Waals surface area contributed by atoms with E-state index in [9.17, 15) is 9.59 Å². The highest BCUT2D eigenvalue weighted by Crippen LogP contribution is 2.34. The number of fused-ring (bicyclic) bond motifs is 1. The van der Waals surface area contributed by atoms with Gasteiger partial charge < -0.3 is 9.47 Å². The molecule has 0 N–H and O–H groups in total.